The van der Waals surface area contributed by atoms with Gasteiger partial charge in [-0.2, -0.15) is 0 Å². The van der Waals surface area contributed by atoms with Crippen LogP contribution < -0.4 is 10.6 Å². The van der Waals surface area contributed by atoms with Gasteiger partial charge in [0.1, 0.15) is 0 Å². The lowest BCUT2D eigenvalue weighted by Gasteiger charge is -2.18. The quantitative estimate of drug-likeness (QED) is 0.874. The Bertz CT molecular complexity index is 499. The molecule has 110 valence electrons. The first-order chi connectivity index (χ1) is 9.58. The molecule has 0 saturated carbocycles. The number of nitrogens with zero attached hydrogens (tertiary/aromatic N) is 1. The van der Waals surface area contributed by atoms with Crippen molar-refractivity contribution in [2.45, 2.75) is 46.0 Å². The predicted octanol–water partition coefficient (Wildman–Crippen LogP) is 2.12. The first kappa shape index (κ1) is 15.0. The summed E-state index contributed by atoms with van der Waals surface area (Å²) >= 11 is 1.59. The van der Waals surface area contributed by atoms with E-state index in [1.807, 2.05) is 0 Å². The molecule has 5 nitrogen and oxygen atoms in total. The highest BCUT2D eigenvalue weighted by atomic mass is 32.1. The van der Waals surface area contributed by atoms with Crippen LogP contribution >= 0.6 is 11.3 Å². The first-order valence-corrected chi connectivity index (χ1v) is 7.93. The predicted molar refractivity (Wildman–Crippen MR) is 79.9 cm³/mol. The molecule has 1 aromatic rings. The molecule has 2 rings (SSSR count). The van der Waals surface area contributed by atoms with E-state index in [2.05, 4.69) is 22.5 Å². The van der Waals surface area contributed by atoms with Crippen LogP contribution in [0.25, 0.3) is 0 Å². The van der Waals surface area contributed by atoms with Gasteiger partial charge in [0.2, 0.25) is 11.8 Å². The number of aromatic nitrogens is 1. The standard InChI is InChI=1S/C14H21N3O2S/c1-3-10-4-5-11-12(8-10)20-14(16-11)17-13(19)6-7-15-9(2)18/h10H,3-8H2,1-2H3,(H,15,18)(H,16,17,19). The molecule has 0 aromatic carbocycles. The van der Waals surface area contributed by atoms with Gasteiger partial charge < -0.3 is 10.6 Å². The van der Waals surface area contributed by atoms with Crippen molar-refractivity contribution in [3.05, 3.63) is 10.6 Å². The minimum Gasteiger partial charge on any atom is -0.356 e. The third-order valence-electron chi connectivity index (χ3n) is 3.59. The monoisotopic (exact) mass is 295 g/mol. The Hall–Kier alpha value is -1.43. The Morgan fingerprint density at radius 3 is 2.95 bits per heavy atom. The maximum Gasteiger partial charge on any atom is 0.227 e. The molecular weight excluding hydrogens is 274 g/mol. The van der Waals surface area contributed by atoms with Gasteiger partial charge in [-0.3, -0.25) is 9.59 Å². The van der Waals surface area contributed by atoms with Crippen LogP contribution in [0, 0.1) is 5.92 Å². The van der Waals surface area contributed by atoms with Gasteiger partial charge in [0.05, 0.1) is 5.69 Å². The highest BCUT2D eigenvalue weighted by molar-refractivity contribution is 7.15. The summed E-state index contributed by atoms with van der Waals surface area (Å²) in [6, 6.07) is 0. The summed E-state index contributed by atoms with van der Waals surface area (Å²) in [5.74, 6) is 0.538. The second-order valence-electron chi connectivity index (χ2n) is 5.19. The van der Waals surface area contributed by atoms with Crippen molar-refractivity contribution in [1.29, 1.82) is 0 Å². The second-order valence-corrected chi connectivity index (χ2v) is 6.27. The number of carbonyl (C=O) groups excluding carboxylic acids is 2. The van der Waals surface area contributed by atoms with Crippen molar-refractivity contribution in [1.82, 2.24) is 10.3 Å². The van der Waals surface area contributed by atoms with Crippen molar-refractivity contribution < 1.29 is 9.59 Å². The zero-order chi connectivity index (χ0) is 14.5. The van der Waals surface area contributed by atoms with Crippen LogP contribution in [0.4, 0.5) is 5.13 Å². The molecule has 20 heavy (non-hydrogen) atoms. The molecule has 1 heterocycles. The number of thiazole rings is 1. The van der Waals surface area contributed by atoms with Gasteiger partial charge in [0.15, 0.2) is 5.13 Å². The SMILES string of the molecule is CCC1CCc2nc(NC(=O)CCNC(C)=O)sc2C1. The molecule has 1 atom stereocenters. The molecule has 2 amide bonds. The van der Waals surface area contributed by atoms with E-state index < -0.39 is 0 Å². The van der Waals surface area contributed by atoms with E-state index in [0.717, 1.165) is 24.5 Å². The summed E-state index contributed by atoms with van der Waals surface area (Å²) in [6.45, 7) is 4.03. The van der Waals surface area contributed by atoms with Crippen LogP contribution in [0.5, 0.6) is 0 Å². The molecule has 1 aliphatic carbocycles. The lowest BCUT2D eigenvalue weighted by atomic mass is 9.89. The normalized spacial score (nSPS) is 17.4. The van der Waals surface area contributed by atoms with Gasteiger partial charge in [0, 0.05) is 24.8 Å². The van der Waals surface area contributed by atoms with Crippen LogP contribution in [-0.2, 0) is 22.4 Å². The first-order valence-electron chi connectivity index (χ1n) is 7.11. The van der Waals surface area contributed by atoms with Crippen molar-refractivity contribution >= 4 is 28.3 Å². The maximum atomic E-state index is 11.7. The van der Waals surface area contributed by atoms with Crippen LogP contribution in [0.1, 0.15) is 43.7 Å². The summed E-state index contributed by atoms with van der Waals surface area (Å²) in [7, 11) is 0. The van der Waals surface area contributed by atoms with Crippen molar-refractivity contribution in [3.8, 4) is 0 Å². The Balaban J connectivity index is 1.86. The largest absolute Gasteiger partial charge is 0.356 e. The Morgan fingerprint density at radius 2 is 2.25 bits per heavy atom. The number of hydrogen-bond acceptors (Lipinski definition) is 4. The van der Waals surface area contributed by atoms with E-state index in [-0.39, 0.29) is 18.2 Å². The average molecular weight is 295 g/mol. The molecule has 1 aromatic heterocycles. The minimum atomic E-state index is -0.117. The van der Waals surface area contributed by atoms with Crippen molar-refractivity contribution in [2.24, 2.45) is 5.92 Å². The molecule has 0 bridgehead atoms. The van der Waals surface area contributed by atoms with Gasteiger partial charge in [0.25, 0.3) is 0 Å². The van der Waals surface area contributed by atoms with Crippen LogP contribution in [0.2, 0.25) is 0 Å². The number of hydrogen-bond donors (Lipinski definition) is 2. The summed E-state index contributed by atoms with van der Waals surface area (Å²) in [5, 5.41) is 6.12. The fourth-order valence-electron chi connectivity index (χ4n) is 2.38. The Kier molecular flexibility index (Phi) is 5.11. The van der Waals surface area contributed by atoms with Gasteiger partial charge in [-0.25, -0.2) is 4.98 Å². The number of anilines is 1. The number of carbonyl (C=O) groups is 2. The Labute approximate surface area is 123 Å². The highest BCUT2D eigenvalue weighted by Crippen LogP contribution is 2.33. The highest BCUT2D eigenvalue weighted by Gasteiger charge is 2.21. The zero-order valence-corrected chi connectivity index (χ0v) is 12.8. The summed E-state index contributed by atoms with van der Waals surface area (Å²) in [5.41, 5.74) is 1.15. The van der Waals surface area contributed by atoms with Crippen molar-refractivity contribution in [2.75, 3.05) is 11.9 Å². The summed E-state index contributed by atoms with van der Waals surface area (Å²) < 4.78 is 0. The second kappa shape index (κ2) is 6.83. The molecule has 2 N–H and O–H groups in total. The van der Waals surface area contributed by atoms with Crippen LogP contribution in [0.3, 0.4) is 0 Å². The van der Waals surface area contributed by atoms with Gasteiger partial charge in [-0.05, 0) is 25.2 Å². The van der Waals surface area contributed by atoms with Gasteiger partial charge in [-0.1, -0.05) is 13.3 Å². The van der Waals surface area contributed by atoms with E-state index in [9.17, 15) is 9.59 Å². The third-order valence-corrected chi connectivity index (χ3v) is 4.63. The maximum absolute atomic E-state index is 11.7. The smallest absolute Gasteiger partial charge is 0.227 e. The van der Waals surface area contributed by atoms with E-state index in [0.29, 0.717) is 11.7 Å². The van der Waals surface area contributed by atoms with E-state index in [1.165, 1.54) is 24.6 Å². The minimum absolute atomic E-state index is 0.100. The molecule has 0 saturated heterocycles. The topological polar surface area (TPSA) is 71.1 Å². The van der Waals surface area contributed by atoms with Gasteiger partial charge in [-0.15, -0.1) is 11.3 Å². The fourth-order valence-corrected chi connectivity index (χ4v) is 3.52. The number of aryl methyl sites for hydroxylation is 1. The van der Waals surface area contributed by atoms with Gasteiger partial charge >= 0.3 is 0 Å². The van der Waals surface area contributed by atoms with Crippen LogP contribution in [0.15, 0.2) is 0 Å². The van der Waals surface area contributed by atoms with E-state index in [1.54, 1.807) is 11.3 Å². The third kappa shape index (κ3) is 4.03. The number of fused-ring (bicyclic) bond motifs is 1. The molecular formula is C14H21N3O2S. The van der Waals surface area contributed by atoms with E-state index in [4.69, 9.17) is 0 Å². The Morgan fingerprint density at radius 1 is 1.45 bits per heavy atom. The molecule has 0 aliphatic heterocycles. The number of nitrogens with one attached hydrogen (secondary N) is 2. The fraction of sp³-hybridized carbons (Fsp3) is 0.643. The molecule has 0 radical (unpaired) electrons. The molecule has 6 heteroatoms. The van der Waals surface area contributed by atoms with E-state index >= 15 is 0 Å². The van der Waals surface area contributed by atoms with Crippen molar-refractivity contribution in [3.63, 3.8) is 0 Å². The molecule has 0 spiro atoms. The number of rotatable bonds is 5. The molecule has 1 aliphatic rings. The average Bonchev–Trinajstić information content (AvgIpc) is 2.78. The number of amides is 2. The molecule has 0 fully saturated rings. The zero-order valence-electron chi connectivity index (χ0n) is 12.0. The lowest BCUT2D eigenvalue weighted by molar-refractivity contribution is -0.119. The van der Waals surface area contributed by atoms with Crippen LogP contribution in [-0.4, -0.2) is 23.3 Å². The lowest BCUT2D eigenvalue weighted by Crippen LogP contribution is -2.25. The molecule has 1 unspecified atom stereocenters. The summed E-state index contributed by atoms with van der Waals surface area (Å²) in [4.78, 5) is 28.3. The summed E-state index contributed by atoms with van der Waals surface area (Å²) in [6.07, 6.45) is 4.79.